The summed E-state index contributed by atoms with van der Waals surface area (Å²) < 4.78 is 45.0. The molecule has 0 spiro atoms. The van der Waals surface area contributed by atoms with Crippen molar-refractivity contribution in [2.45, 2.75) is 87.0 Å². The summed E-state index contributed by atoms with van der Waals surface area (Å²) in [5.74, 6) is -3.56. The topological polar surface area (TPSA) is 234 Å². The number of amides is 2. The molecule has 0 saturated heterocycles. The number of aryl methyl sites for hydroxylation is 4. The maximum atomic E-state index is 14.2. The number of hydrogen-bond donors (Lipinski definition) is 2. The van der Waals surface area contributed by atoms with Crippen LogP contribution in [-0.2, 0) is 47.7 Å². The Kier molecular flexibility index (Phi) is 24.7. The monoisotopic (exact) mass is 1210 g/mol. The van der Waals surface area contributed by atoms with E-state index in [1.165, 1.54) is 27.7 Å². The normalized spacial score (nSPS) is 11.0. The highest BCUT2D eigenvalue weighted by atomic mass is 16.6. The maximum absolute atomic E-state index is 14.2. The fourth-order valence-electron chi connectivity index (χ4n) is 9.01. The summed E-state index contributed by atoms with van der Waals surface area (Å²) in [4.78, 5) is 102. The summed E-state index contributed by atoms with van der Waals surface area (Å²) in [6.45, 7) is 27.1. The number of rotatable bonds is 28. The highest BCUT2D eigenvalue weighted by molar-refractivity contribution is 5.89. The lowest BCUT2D eigenvalue weighted by Gasteiger charge is -2.27. The van der Waals surface area contributed by atoms with E-state index < -0.39 is 53.9 Å². The summed E-state index contributed by atoms with van der Waals surface area (Å²) in [7, 11) is 0. The molecule has 1 atom stereocenters. The van der Waals surface area contributed by atoms with Crippen LogP contribution >= 0.6 is 0 Å². The van der Waals surface area contributed by atoms with Gasteiger partial charge in [-0.3, -0.25) is 9.59 Å². The average molecular weight is 1210 g/mol. The van der Waals surface area contributed by atoms with Crippen LogP contribution < -0.4 is 29.6 Å². The summed E-state index contributed by atoms with van der Waals surface area (Å²) >= 11 is 0. The molecule has 18 heteroatoms. The zero-order valence-corrected chi connectivity index (χ0v) is 51.5. The third kappa shape index (κ3) is 19.8. The molecule has 464 valence electrons. The van der Waals surface area contributed by atoms with Gasteiger partial charge in [0, 0.05) is 52.2 Å². The Morgan fingerprint density at radius 2 is 0.764 bits per heavy atom. The smallest absolute Gasteiger partial charge is 0.412 e. The second-order valence-electron chi connectivity index (χ2n) is 21.3. The van der Waals surface area contributed by atoms with Crippen LogP contribution in [0.25, 0.3) is 33.4 Å². The molecule has 6 rings (SSSR count). The van der Waals surface area contributed by atoms with E-state index in [0.717, 1.165) is 11.1 Å². The summed E-state index contributed by atoms with van der Waals surface area (Å²) in [5, 5.41) is 5.26. The van der Waals surface area contributed by atoms with Crippen molar-refractivity contribution in [3.63, 3.8) is 0 Å². The van der Waals surface area contributed by atoms with E-state index in [1.54, 1.807) is 52.0 Å². The second-order valence-corrected chi connectivity index (χ2v) is 21.3. The molecule has 0 aliphatic rings. The Hall–Kier alpha value is -10.4. The Labute approximate surface area is 518 Å². The number of hydrogen-bond acceptors (Lipinski definition) is 16. The Morgan fingerprint density at radius 3 is 1.20 bits per heavy atom. The van der Waals surface area contributed by atoms with Crippen LogP contribution in [0.4, 0.5) is 9.59 Å². The number of carbonyl (C=O) groups excluding carboxylic acids is 8. The molecule has 0 aliphatic carbocycles. The van der Waals surface area contributed by atoms with Gasteiger partial charge in [-0.1, -0.05) is 93.0 Å². The van der Waals surface area contributed by atoms with E-state index in [0.29, 0.717) is 66.9 Å². The van der Waals surface area contributed by atoms with Crippen LogP contribution in [0, 0.1) is 27.7 Å². The number of esters is 6. The maximum Gasteiger partial charge on any atom is 0.412 e. The molecule has 0 aliphatic heterocycles. The molecule has 2 amide bonds. The largest absolute Gasteiger partial charge is 0.462 e. The predicted octanol–water partition coefficient (Wildman–Crippen LogP) is 13.1. The summed E-state index contributed by atoms with van der Waals surface area (Å²) in [6.07, 6.45) is -1.44. The first-order chi connectivity index (χ1) is 42.4. The number of carbonyl (C=O) groups is 8. The molecule has 0 fully saturated rings. The van der Waals surface area contributed by atoms with Crippen LogP contribution in [0.5, 0.6) is 23.0 Å². The van der Waals surface area contributed by atoms with E-state index in [9.17, 15) is 38.4 Å². The lowest BCUT2D eigenvalue weighted by molar-refractivity contribution is -0.141. The van der Waals surface area contributed by atoms with E-state index >= 15 is 0 Å². The molecule has 0 aromatic heterocycles. The first kappa shape index (κ1) is 67.8. The van der Waals surface area contributed by atoms with E-state index in [2.05, 4.69) is 36.9 Å². The average Bonchev–Trinajstić information content (AvgIpc) is 0.922. The second kappa shape index (κ2) is 32.4. The first-order valence-electron chi connectivity index (χ1n) is 28.7. The van der Waals surface area contributed by atoms with E-state index in [4.69, 9.17) is 37.9 Å². The molecular formula is C71H74N2O16. The molecule has 0 heterocycles. The zero-order valence-electron chi connectivity index (χ0n) is 51.5. The SMILES string of the molecule is C=C(C)C(=O)OCCCC(=O)Oc1ccc(-c2cc(C)c(OC(=O)CCCOC(=O)C(=C)C)c(C(c3ccc(-c4ccccc4)cc3)c3cc(-c4ccc(OC(=O)NCCOC(=O)C(=C)C)c(C)c4)cc(C)c3OC(=O)NCCOC(=O)C(=C)C)c2)cc1C. The van der Waals surface area contributed by atoms with Crippen molar-refractivity contribution in [3.05, 3.63) is 203 Å². The minimum atomic E-state index is -0.922. The van der Waals surface area contributed by atoms with Gasteiger partial charge in [0.1, 0.15) is 36.2 Å². The number of nitrogens with one attached hydrogen (secondary N) is 2. The molecule has 18 nitrogen and oxygen atoms in total. The van der Waals surface area contributed by atoms with Gasteiger partial charge in [0.25, 0.3) is 0 Å². The fraction of sp³-hybridized carbons (Fsp3) is 0.268. The number of ether oxygens (including phenoxy) is 8. The van der Waals surface area contributed by atoms with Crippen LogP contribution in [-0.4, -0.2) is 87.5 Å². The van der Waals surface area contributed by atoms with Gasteiger partial charge < -0.3 is 48.5 Å². The Balaban J connectivity index is 1.53. The van der Waals surface area contributed by atoms with Gasteiger partial charge in [0.15, 0.2) is 0 Å². The van der Waals surface area contributed by atoms with Crippen molar-refractivity contribution in [1.82, 2.24) is 10.6 Å². The summed E-state index contributed by atoms with van der Waals surface area (Å²) in [6, 6.07) is 35.6. The van der Waals surface area contributed by atoms with Gasteiger partial charge in [0.05, 0.1) is 26.3 Å². The van der Waals surface area contributed by atoms with Gasteiger partial charge in [-0.05, 0) is 178 Å². The molecule has 0 radical (unpaired) electrons. The molecule has 1 unspecified atom stereocenters. The molecular weight excluding hydrogens is 1140 g/mol. The fourth-order valence-corrected chi connectivity index (χ4v) is 9.01. The van der Waals surface area contributed by atoms with Gasteiger partial charge in [-0.2, -0.15) is 0 Å². The quantitative estimate of drug-likeness (QED) is 0.0116. The van der Waals surface area contributed by atoms with Crippen LogP contribution in [0.15, 0.2) is 164 Å². The van der Waals surface area contributed by atoms with Crippen molar-refractivity contribution < 1.29 is 76.3 Å². The predicted molar refractivity (Wildman–Crippen MR) is 336 cm³/mol. The van der Waals surface area contributed by atoms with E-state index in [1.807, 2.05) is 91.0 Å². The van der Waals surface area contributed by atoms with Crippen molar-refractivity contribution in [1.29, 1.82) is 0 Å². The van der Waals surface area contributed by atoms with Gasteiger partial charge >= 0.3 is 48.0 Å². The van der Waals surface area contributed by atoms with Crippen LogP contribution in [0.1, 0.15) is 98.2 Å². The molecule has 6 aromatic rings. The van der Waals surface area contributed by atoms with Crippen molar-refractivity contribution >= 4 is 48.0 Å². The first-order valence-corrected chi connectivity index (χ1v) is 28.7. The van der Waals surface area contributed by atoms with E-state index in [-0.39, 0.29) is 105 Å². The molecule has 89 heavy (non-hydrogen) atoms. The lowest BCUT2D eigenvalue weighted by atomic mass is 9.80. The Morgan fingerprint density at radius 1 is 0.393 bits per heavy atom. The highest BCUT2D eigenvalue weighted by Gasteiger charge is 2.30. The molecule has 0 bridgehead atoms. The van der Waals surface area contributed by atoms with Crippen molar-refractivity contribution in [3.8, 4) is 56.4 Å². The molecule has 6 aromatic carbocycles. The highest BCUT2D eigenvalue weighted by Crippen LogP contribution is 2.47. The Bertz CT molecular complexity index is 3490. The minimum absolute atomic E-state index is 0.0123. The molecule has 2 N–H and O–H groups in total. The minimum Gasteiger partial charge on any atom is -0.462 e. The standard InChI is InChI=1S/C71H74N2O16/c1-42(2)66(76)82-32-16-20-61(74)86-59-28-26-53(36-46(59)9)55-38-48(11)64(88-62(75)21-17-33-83-67(77)43(3)4)57(40-55)63(52-24-22-51(23-25-52)50-18-14-13-15-19-50)58-41-56(39-49(12)65(58)89-71(81)73-31-35-85-69(79)45(7)8)54-27-29-60(47(10)37-54)87-70(80)72-30-34-84-68(78)44(5)6/h13-15,18-19,22-29,36-41,63H,1,3,5,7,16-17,20-21,30-35H2,2,4,6,8-12H3,(H,72,80)(H,73,81). The lowest BCUT2D eigenvalue weighted by Crippen LogP contribution is -2.31. The summed E-state index contributed by atoms with van der Waals surface area (Å²) in [5.41, 5.74) is 9.18. The zero-order chi connectivity index (χ0) is 64.9. The van der Waals surface area contributed by atoms with Gasteiger partial charge in [-0.15, -0.1) is 0 Å². The van der Waals surface area contributed by atoms with Crippen LogP contribution in [0.2, 0.25) is 0 Å². The third-order valence-corrected chi connectivity index (χ3v) is 13.6. The molecule has 0 saturated carbocycles. The van der Waals surface area contributed by atoms with Gasteiger partial charge in [-0.25, -0.2) is 28.8 Å². The number of benzene rings is 6. The van der Waals surface area contributed by atoms with Crippen molar-refractivity contribution in [2.24, 2.45) is 0 Å². The van der Waals surface area contributed by atoms with Gasteiger partial charge in [0.2, 0.25) is 0 Å². The van der Waals surface area contributed by atoms with Crippen molar-refractivity contribution in [2.75, 3.05) is 39.5 Å². The third-order valence-electron chi connectivity index (χ3n) is 13.6. The van der Waals surface area contributed by atoms with Crippen LogP contribution in [0.3, 0.4) is 0 Å².